The third-order valence-electron chi connectivity index (χ3n) is 2.96. The lowest BCUT2D eigenvalue weighted by Crippen LogP contribution is -2.34. The highest BCUT2D eigenvalue weighted by molar-refractivity contribution is 5.77. The molecule has 0 aromatic heterocycles. The van der Waals surface area contributed by atoms with Gasteiger partial charge >= 0.3 is 5.97 Å². The second-order valence-electron chi connectivity index (χ2n) is 5.63. The normalized spacial score (nSPS) is 23.9. The maximum atomic E-state index is 12.1. The second kappa shape index (κ2) is 5.11. The zero-order valence-electron chi connectivity index (χ0n) is 11.2. The van der Waals surface area contributed by atoms with Crippen molar-refractivity contribution in [3.05, 3.63) is 35.9 Å². The lowest BCUT2D eigenvalue weighted by atomic mass is 9.92. The molecular formula is C15H20O3. The molecule has 1 saturated heterocycles. The molecule has 1 aliphatic rings. The van der Waals surface area contributed by atoms with Crippen LogP contribution < -0.4 is 0 Å². The molecule has 18 heavy (non-hydrogen) atoms. The highest BCUT2D eigenvalue weighted by Gasteiger charge is 2.37. The molecule has 1 heterocycles. The monoisotopic (exact) mass is 248 g/mol. The number of carbonyl (C=O) groups excluding carboxylic acids is 1. The quantitative estimate of drug-likeness (QED) is 0.755. The first kappa shape index (κ1) is 13.1. The van der Waals surface area contributed by atoms with E-state index < -0.39 is 11.7 Å². The molecule has 1 fully saturated rings. The van der Waals surface area contributed by atoms with Gasteiger partial charge in [0, 0.05) is 12.5 Å². The van der Waals surface area contributed by atoms with Crippen molar-refractivity contribution < 1.29 is 14.3 Å². The minimum Gasteiger partial charge on any atom is -0.458 e. The molecule has 98 valence electrons. The van der Waals surface area contributed by atoms with Gasteiger partial charge in [-0.3, -0.25) is 0 Å². The standard InChI is InChI=1S/C15H20O3/c1-15(2,3)18-14(16)13-12(9-10-17-13)11-7-5-4-6-8-11/h4-8,12-13H,9-10H2,1-3H3/t12-,13-/m0/s1. The molecule has 0 radical (unpaired) electrons. The van der Waals surface area contributed by atoms with E-state index in [-0.39, 0.29) is 11.9 Å². The van der Waals surface area contributed by atoms with Crippen LogP contribution in [-0.2, 0) is 14.3 Å². The average molecular weight is 248 g/mol. The fraction of sp³-hybridized carbons (Fsp3) is 0.533. The number of ether oxygens (including phenoxy) is 2. The molecule has 0 amide bonds. The third-order valence-corrected chi connectivity index (χ3v) is 2.96. The zero-order valence-corrected chi connectivity index (χ0v) is 11.2. The van der Waals surface area contributed by atoms with Gasteiger partial charge in [0.15, 0.2) is 6.10 Å². The fourth-order valence-corrected chi connectivity index (χ4v) is 2.22. The van der Waals surface area contributed by atoms with E-state index >= 15 is 0 Å². The maximum absolute atomic E-state index is 12.1. The predicted octanol–water partition coefficient (Wildman–Crippen LogP) is 2.90. The Bertz CT molecular complexity index is 405. The molecule has 2 atom stereocenters. The maximum Gasteiger partial charge on any atom is 0.336 e. The number of esters is 1. The average Bonchev–Trinajstić information content (AvgIpc) is 2.76. The first-order valence-corrected chi connectivity index (χ1v) is 6.37. The lowest BCUT2D eigenvalue weighted by molar-refractivity contribution is -0.166. The Hall–Kier alpha value is -1.35. The number of hydrogen-bond donors (Lipinski definition) is 0. The van der Waals surface area contributed by atoms with Crippen LogP contribution in [-0.4, -0.2) is 24.3 Å². The Morgan fingerprint density at radius 1 is 1.28 bits per heavy atom. The van der Waals surface area contributed by atoms with Crippen molar-refractivity contribution in [3.63, 3.8) is 0 Å². The van der Waals surface area contributed by atoms with E-state index in [4.69, 9.17) is 9.47 Å². The predicted molar refractivity (Wildman–Crippen MR) is 69.4 cm³/mol. The van der Waals surface area contributed by atoms with E-state index in [1.165, 1.54) is 0 Å². The van der Waals surface area contributed by atoms with Crippen LogP contribution in [0.25, 0.3) is 0 Å². The molecule has 2 rings (SSSR count). The smallest absolute Gasteiger partial charge is 0.336 e. The summed E-state index contributed by atoms with van der Waals surface area (Å²) in [5, 5.41) is 0. The van der Waals surface area contributed by atoms with E-state index in [1.807, 2.05) is 51.1 Å². The highest BCUT2D eigenvalue weighted by Crippen LogP contribution is 2.32. The largest absolute Gasteiger partial charge is 0.458 e. The molecule has 1 aromatic rings. The molecule has 0 saturated carbocycles. The Morgan fingerprint density at radius 2 is 1.94 bits per heavy atom. The summed E-state index contributed by atoms with van der Waals surface area (Å²) in [4.78, 5) is 12.1. The molecular weight excluding hydrogens is 228 g/mol. The second-order valence-corrected chi connectivity index (χ2v) is 5.63. The SMILES string of the molecule is CC(C)(C)OC(=O)[C@H]1OCC[C@H]1c1ccccc1. The zero-order chi connectivity index (χ0) is 13.2. The van der Waals surface area contributed by atoms with Crippen molar-refractivity contribution in [3.8, 4) is 0 Å². The molecule has 3 heteroatoms. The molecule has 3 nitrogen and oxygen atoms in total. The summed E-state index contributed by atoms with van der Waals surface area (Å²) < 4.78 is 11.0. The van der Waals surface area contributed by atoms with Crippen LogP contribution in [0.2, 0.25) is 0 Å². The van der Waals surface area contributed by atoms with Gasteiger partial charge in [-0.2, -0.15) is 0 Å². The van der Waals surface area contributed by atoms with Gasteiger partial charge in [-0.1, -0.05) is 30.3 Å². The fourth-order valence-electron chi connectivity index (χ4n) is 2.22. The van der Waals surface area contributed by atoms with E-state index in [1.54, 1.807) is 0 Å². The van der Waals surface area contributed by atoms with Crippen LogP contribution in [0.15, 0.2) is 30.3 Å². The van der Waals surface area contributed by atoms with E-state index in [2.05, 4.69) is 0 Å². The van der Waals surface area contributed by atoms with Gasteiger partial charge in [0.2, 0.25) is 0 Å². The van der Waals surface area contributed by atoms with Gasteiger partial charge in [-0.05, 0) is 32.8 Å². The van der Waals surface area contributed by atoms with E-state index in [0.29, 0.717) is 6.61 Å². The van der Waals surface area contributed by atoms with Gasteiger partial charge in [-0.25, -0.2) is 4.79 Å². The topological polar surface area (TPSA) is 35.5 Å². The van der Waals surface area contributed by atoms with Crippen LogP contribution in [0.3, 0.4) is 0 Å². The van der Waals surface area contributed by atoms with Gasteiger partial charge in [0.25, 0.3) is 0 Å². The number of benzene rings is 1. The molecule has 0 spiro atoms. The van der Waals surface area contributed by atoms with E-state index in [9.17, 15) is 4.79 Å². The van der Waals surface area contributed by atoms with Crippen LogP contribution in [0, 0.1) is 0 Å². The van der Waals surface area contributed by atoms with Crippen molar-refractivity contribution in [1.29, 1.82) is 0 Å². The van der Waals surface area contributed by atoms with Gasteiger partial charge < -0.3 is 9.47 Å². The number of hydrogen-bond acceptors (Lipinski definition) is 3. The summed E-state index contributed by atoms with van der Waals surface area (Å²) in [6.45, 7) is 6.23. The Morgan fingerprint density at radius 3 is 2.56 bits per heavy atom. The summed E-state index contributed by atoms with van der Waals surface area (Å²) >= 11 is 0. The van der Waals surface area contributed by atoms with Gasteiger partial charge in [-0.15, -0.1) is 0 Å². The molecule has 0 bridgehead atoms. The summed E-state index contributed by atoms with van der Waals surface area (Å²) in [6.07, 6.45) is 0.403. The van der Waals surface area contributed by atoms with Gasteiger partial charge in [0.05, 0.1) is 0 Å². The van der Waals surface area contributed by atoms with Crippen LogP contribution in [0.5, 0.6) is 0 Å². The van der Waals surface area contributed by atoms with Gasteiger partial charge in [0.1, 0.15) is 5.60 Å². The molecule has 1 aliphatic heterocycles. The summed E-state index contributed by atoms with van der Waals surface area (Å²) in [7, 11) is 0. The first-order chi connectivity index (χ1) is 8.47. The van der Waals surface area contributed by atoms with Crippen LogP contribution in [0.4, 0.5) is 0 Å². The Labute approximate surface area is 108 Å². The Kier molecular flexibility index (Phi) is 3.71. The minimum atomic E-state index is -0.468. The van der Waals surface area contributed by atoms with Crippen LogP contribution >= 0.6 is 0 Å². The van der Waals surface area contributed by atoms with E-state index in [0.717, 1.165) is 12.0 Å². The van der Waals surface area contributed by atoms with Crippen LogP contribution in [0.1, 0.15) is 38.7 Å². The Balaban J connectivity index is 2.11. The molecule has 0 aliphatic carbocycles. The molecule has 0 unspecified atom stereocenters. The summed E-state index contributed by atoms with van der Waals surface area (Å²) in [5.74, 6) is -0.144. The van der Waals surface area contributed by atoms with Crippen molar-refractivity contribution in [2.45, 2.75) is 44.8 Å². The number of carbonyl (C=O) groups is 1. The number of rotatable bonds is 2. The molecule has 1 aromatic carbocycles. The van der Waals surface area contributed by atoms with Crippen molar-refractivity contribution in [2.75, 3.05) is 6.61 Å². The highest BCUT2D eigenvalue weighted by atomic mass is 16.6. The molecule has 0 N–H and O–H groups in total. The summed E-state index contributed by atoms with van der Waals surface area (Å²) in [5.41, 5.74) is 0.676. The minimum absolute atomic E-state index is 0.112. The van der Waals surface area contributed by atoms with Crippen molar-refractivity contribution in [2.24, 2.45) is 0 Å². The van der Waals surface area contributed by atoms with Crippen molar-refractivity contribution in [1.82, 2.24) is 0 Å². The third kappa shape index (κ3) is 3.10. The first-order valence-electron chi connectivity index (χ1n) is 6.37. The van der Waals surface area contributed by atoms with Crippen molar-refractivity contribution >= 4 is 5.97 Å². The lowest BCUT2D eigenvalue weighted by Gasteiger charge is -2.24. The summed E-state index contributed by atoms with van der Waals surface area (Å²) in [6, 6.07) is 10.0.